The van der Waals surface area contributed by atoms with Gasteiger partial charge in [0, 0.05) is 5.02 Å². The Balaban J connectivity index is 2.16. The maximum atomic E-state index is 11.6. The molecule has 0 aromatic heterocycles. The van der Waals surface area contributed by atoms with Crippen molar-refractivity contribution >= 4 is 21.4 Å². The Hall–Kier alpha value is -0.780. The van der Waals surface area contributed by atoms with Crippen LogP contribution < -0.4 is 10.5 Å². The molecule has 4 nitrogen and oxygen atoms in total. The van der Waals surface area contributed by atoms with Gasteiger partial charge in [0.05, 0.1) is 18.6 Å². The third kappa shape index (κ3) is 3.65. The van der Waals surface area contributed by atoms with Crippen molar-refractivity contribution in [3.05, 3.63) is 28.8 Å². The van der Waals surface area contributed by atoms with E-state index in [4.69, 9.17) is 22.1 Å². The number of sulfone groups is 1. The fourth-order valence-electron chi connectivity index (χ4n) is 2.83. The first-order chi connectivity index (χ1) is 9.45. The minimum Gasteiger partial charge on any atom is -0.496 e. The lowest BCUT2D eigenvalue weighted by Gasteiger charge is -2.22. The third-order valence-corrected chi connectivity index (χ3v) is 5.99. The molecule has 2 rings (SSSR count). The molecule has 2 unspecified atom stereocenters. The first-order valence-corrected chi connectivity index (χ1v) is 8.88. The molecule has 0 saturated carbocycles. The summed E-state index contributed by atoms with van der Waals surface area (Å²) in [5.74, 6) is 1.57. The minimum atomic E-state index is -2.88. The largest absolute Gasteiger partial charge is 0.496 e. The van der Waals surface area contributed by atoms with Gasteiger partial charge in [0.25, 0.3) is 0 Å². The molecule has 1 aliphatic heterocycles. The quantitative estimate of drug-likeness (QED) is 0.900. The highest BCUT2D eigenvalue weighted by Gasteiger charge is 2.33. The maximum Gasteiger partial charge on any atom is 0.150 e. The van der Waals surface area contributed by atoms with Crippen LogP contribution in [0.3, 0.4) is 0 Å². The maximum absolute atomic E-state index is 11.6. The summed E-state index contributed by atoms with van der Waals surface area (Å²) in [6, 6.07) is 5.48. The Bertz CT molecular complexity index is 574. The van der Waals surface area contributed by atoms with Crippen molar-refractivity contribution in [3.63, 3.8) is 0 Å². The second-order valence-electron chi connectivity index (χ2n) is 5.32. The molecule has 0 spiro atoms. The Morgan fingerprint density at radius 3 is 2.80 bits per heavy atom. The molecule has 0 radical (unpaired) electrons. The number of benzene rings is 1. The summed E-state index contributed by atoms with van der Waals surface area (Å²) in [5, 5.41) is 0.649. The summed E-state index contributed by atoms with van der Waals surface area (Å²) in [5.41, 5.74) is 6.84. The topological polar surface area (TPSA) is 69.4 Å². The van der Waals surface area contributed by atoms with Crippen molar-refractivity contribution in [2.75, 3.05) is 25.2 Å². The molecule has 6 heteroatoms. The Morgan fingerprint density at radius 2 is 2.25 bits per heavy atom. The zero-order chi connectivity index (χ0) is 14.8. The van der Waals surface area contributed by atoms with Crippen molar-refractivity contribution in [1.82, 2.24) is 0 Å². The van der Waals surface area contributed by atoms with Gasteiger partial charge in [-0.05, 0) is 55.0 Å². The normalized spacial score (nSPS) is 22.6. The molecule has 1 saturated heterocycles. The molecule has 0 bridgehead atoms. The zero-order valence-electron chi connectivity index (χ0n) is 11.5. The Kier molecular flexibility index (Phi) is 4.94. The lowest BCUT2D eigenvalue weighted by atomic mass is 9.86. The average Bonchev–Trinajstić information content (AvgIpc) is 2.76. The smallest absolute Gasteiger partial charge is 0.150 e. The van der Waals surface area contributed by atoms with Crippen LogP contribution in [0.15, 0.2) is 18.2 Å². The molecule has 0 aliphatic carbocycles. The van der Waals surface area contributed by atoms with Crippen LogP contribution in [0.4, 0.5) is 0 Å². The number of hydrogen-bond acceptors (Lipinski definition) is 4. The van der Waals surface area contributed by atoms with Crippen LogP contribution in [-0.4, -0.2) is 33.6 Å². The van der Waals surface area contributed by atoms with E-state index in [9.17, 15) is 8.42 Å². The number of methoxy groups -OCH3 is 1. The van der Waals surface area contributed by atoms with E-state index in [1.54, 1.807) is 13.2 Å². The van der Waals surface area contributed by atoms with Gasteiger partial charge in [0.2, 0.25) is 0 Å². The number of rotatable bonds is 5. The Labute approximate surface area is 125 Å². The van der Waals surface area contributed by atoms with Gasteiger partial charge in [-0.1, -0.05) is 11.6 Å². The molecule has 112 valence electrons. The van der Waals surface area contributed by atoms with Gasteiger partial charge in [-0.3, -0.25) is 0 Å². The van der Waals surface area contributed by atoms with E-state index in [2.05, 4.69) is 0 Å². The van der Waals surface area contributed by atoms with Gasteiger partial charge in [-0.25, -0.2) is 8.42 Å². The lowest BCUT2D eigenvalue weighted by molar-refractivity contribution is 0.358. The van der Waals surface area contributed by atoms with E-state index in [1.165, 1.54) is 0 Å². The van der Waals surface area contributed by atoms with Gasteiger partial charge in [-0.2, -0.15) is 0 Å². The fraction of sp³-hybridized carbons (Fsp3) is 0.571. The summed E-state index contributed by atoms with van der Waals surface area (Å²) < 4.78 is 28.5. The van der Waals surface area contributed by atoms with Crippen LogP contribution in [0.5, 0.6) is 5.75 Å². The summed E-state index contributed by atoms with van der Waals surface area (Å²) in [6.45, 7) is 0.468. The third-order valence-electron chi connectivity index (χ3n) is 3.96. The van der Waals surface area contributed by atoms with Gasteiger partial charge in [-0.15, -0.1) is 0 Å². The van der Waals surface area contributed by atoms with Gasteiger partial charge < -0.3 is 10.5 Å². The van der Waals surface area contributed by atoms with E-state index in [0.717, 1.165) is 11.3 Å². The van der Waals surface area contributed by atoms with Crippen molar-refractivity contribution in [2.24, 2.45) is 17.6 Å². The molecule has 2 N–H and O–H groups in total. The molecule has 0 amide bonds. The molecule has 1 aromatic carbocycles. The van der Waals surface area contributed by atoms with Crippen LogP contribution in [0.1, 0.15) is 12.0 Å². The number of hydrogen-bond donors (Lipinski definition) is 1. The predicted octanol–water partition coefficient (Wildman–Crippen LogP) is 1.90. The summed E-state index contributed by atoms with van der Waals surface area (Å²) in [6.07, 6.45) is 1.40. The van der Waals surface area contributed by atoms with E-state index in [1.807, 2.05) is 12.1 Å². The monoisotopic (exact) mass is 317 g/mol. The van der Waals surface area contributed by atoms with Gasteiger partial charge >= 0.3 is 0 Å². The highest BCUT2D eigenvalue weighted by atomic mass is 35.5. The van der Waals surface area contributed by atoms with Crippen LogP contribution in [0.25, 0.3) is 0 Å². The SMILES string of the molecule is COc1ccc(Cl)cc1CC(CN)C1CCS(=O)(=O)C1. The first-order valence-electron chi connectivity index (χ1n) is 6.68. The zero-order valence-corrected chi connectivity index (χ0v) is 13.1. The van der Waals surface area contributed by atoms with Gasteiger partial charge in [0.1, 0.15) is 5.75 Å². The molecule has 1 aromatic rings. The highest BCUT2D eigenvalue weighted by molar-refractivity contribution is 7.91. The molecular weight excluding hydrogens is 298 g/mol. The minimum absolute atomic E-state index is 0.133. The summed E-state index contributed by atoms with van der Waals surface area (Å²) >= 11 is 6.02. The standard InChI is InChI=1S/C14H20ClNO3S/c1-19-14-3-2-13(15)7-11(14)6-12(8-16)10-4-5-20(17,18)9-10/h2-3,7,10,12H,4-6,8-9,16H2,1H3. The van der Waals surface area contributed by atoms with Crippen LogP contribution >= 0.6 is 11.6 Å². The van der Waals surface area contributed by atoms with Crippen LogP contribution in [0.2, 0.25) is 5.02 Å². The molecule has 20 heavy (non-hydrogen) atoms. The van der Waals surface area contributed by atoms with Gasteiger partial charge in [0.15, 0.2) is 9.84 Å². The second kappa shape index (κ2) is 6.33. The number of halogens is 1. The first kappa shape index (κ1) is 15.6. The second-order valence-corrected chi connectivity index (χ2v) is 7.98. The van der Waals surface area contributed by atoms with Crippen molar-refractivity contribution < 1.29 is 13.2 Å². The fourth-order valence-corrected chi connectivity index (χ4v) is 4.94. The average molecular weight is 318 g/mol. The number of nitrogens with two attached hydrogens (primary N) is 1. The molecule has 2 atom stereocenters. The number of ether oxygens (including phenoxy) is 1. The van der Waals surface area contributed by atoms with Crippen molar-refractivity contribution in [2.45, 2.75) is 12.8 Å². The lowest BCUT2D eigenvalue weighted by Crippen LogP contribution is -2.26. The van der Waals surface area contributed by atoms with E-state index >= 15 is 0 Å². The van der Waals surface area contributed by atoms with Crippen LogP contribution in [0, 0.1) is 11.8 Å². The van der Waals surface area contributed by atoms with E-state index in [0.29, 0.717) is 24.4 Å². The van der Waals surface area contributed by atoms with Crippen molar-refractivity contribution in [3.8, 4) is 5.75 Å². The molecular formula is C14H20ClNO3S. The predicted molar refractivity (Wildman–Crippen MR) is 81.0 cm³/mol. The molecule has 1 heterocycles. The summed E-state index contributed by atoms with van der Waals surface area (Å²) in [7, 11) is -1.26. The van der Waals surface area contributed by atoms with Crippen molar-refractivity contribution in [1.29, 1.82) is 0 Å². The van der Waals surface area contributed by atoms with E-state index in [-0.39, 0.29) is 23.3 Å². The molecule has 1 aliphatic rings. The molecule has 1 fully saturated rings. The Morgan fingerprint density at radius 1 is 1.50 bits per heavy atom. The summed E-state index contributed by atoms with van der Waals surface area (Å²) in [4.78, 5) is 0. The van der Waals surface area contributed by atoms with Crippen LogP contribution in [-0.2, 0) is 16.3 Å². The highest BCUT2D eigenvalue weighted by Crippen LogP contribution is 2.31. The van der Waals surface area contributed by atoms with E-state index < -0.39 is 9.84 Å².